The van der Waals surface area contributed by atoms with E-state index in [1.807, 2.05) is 0 Å². The minimum atomic E-state index is -2.90. The van der Waals surface area contributed by atoms with Crippen molar-refractivity contribution in [3.8, 4) is 0 Å². The molecule has 0 aliphatic rings. The van der Waals surface area contributed by atoms with Crippen molar-refractivity contribution in [1.82, 2.24) is 10.6 Å². The molecule has 0 aromatic rings. The Hall–Kier alpha value is -0.780. The van der Waals surface area contributed by atoms with Crippen LogP contribution in [-0.2, 0) is 9.84 Å². The highest BCUT2D eigenvalue weighted by Gasteiger charge is 2.20. The number of aliphatic imine (C=N–C) groups is 1. The van der Waals surface area contributed by atoms with Gasteiger partial charge in [-0.2, -0.15) is 0 Å². The molecule has 2 N–H and O–H groups in total. The maximum atomic E-state index is 11.3. The Balaban J connectivity index is 4.26. The second-order valence-corrected chi connectivity index (χ2v) is 8.79. The third-order valence-corrected chi connectivity index (χ3v) is 4.77. The normalized spacial score (nSPS) is 13.6. The topological polar surface area (TPSA) is 70.6 Å². The first kappa shape index (κ1) is 20.2. The van der Waals surface area contributed by atoms with Crippen molar-refractivity contribution in [3.05, 3.63) is 0 Å². The molecule has 126 valence electrons. The molecule has 0 bridgehead atoms. The highest BCUT2D eigenvalue weighted by molar-refractivity contribution is 7.90. The summed E-state index contributed by atoms with van der Waals surface area (Å²) < 4.78 is 22.5. The summed E-state index contributed by atoms with van der Waals surface area (Å²) in [6.07, 6.45) is 4.23. The van der Waals surface area contributed by atoms with Crippen LogP contribution in [0.15, 0.2) is 4.99 Å². The van der Waals surface area contributed by atoms with E-state index < -0.39 is 9.84 Å². The molecule has 0 aliphatic carbocycles. The molecule has 0 amide bonds. The smallest absolute Gasteiger partial charge is 0.191 e. The summed E-state index contributed by atoms with van der Waals surface area (Å²) in [7, 11) is -1.15. The molecule has 0 fully saturated rings. The van der Waals surface area contributed by atoms with E-state index in [9.17, 15) is 8.42 Å². The van der Waals surface area contributed by atoms with Crippen LogP contribution in [-0.4, -0.2) is 46.5 Å². The van der Waals surface area contributed by atoms with Crippen LogP contribution in [0.4, 0.5) is 0 Å². The molecule has 0 saturated carbocycles. The molecule has 0 atom stereocenters. The molecule has 0 aromatic heterocycles. The van der Waals surface area contributed by atoms with Gasteiger partial charge in [0.05, 0.1) is 5.75 Å². The number of sulfone groups is 1. The third-order valence-electron chi connectivity index (χ3n) is 3.82. The Bertz CT molecular complexity index is 413. The van der Waals surface area contributed by atoms with E-state index in [1.54, 1.807) is 7.05 Å². The minimum Gasteiger partial charge on any atom is -0.356 e. The summed E-state index contributed by atoms with van der Waals surface area (Å²) in [6, 6.07) is 0. The van der Waals surface area contributed by atoms with Crippen molar-refractivity contribution in [1.29, 1.82) is 0 Å². The average Bonchev–Trinajstić information content (AvgIpc) is 2.40. The Morgan fingerprint density at radius 2 is 1.76 bits per heavy atom. The highest BCUT2D eigenvalue weighted by atomic mass is 32.2. The second-order valence-electron chi connectivity index (χ2n) is 6.53. The van der Waals surface area contributed by atoms with Gasteiger partial charge in [-0.3, -0.25) is 4.99 Å². The summed E-state index contributed by atoms with van der Waals surface area (Å²) in [5, 5.41) is 6.63. The van der Waals surface area contributed by atoms with Crippen molar-refractivity contribution in [3.63, 3.8) is 0 Å². The van der Waals surface area contributed by atoms with Gasteiger partial charge in [0, 0.05) is 26.4 Å². The summed E-state index contributed by atoms with van der Waals surface area (Å²) in [5.74, 6) is 1.66. The van der Waals surface area contributed by atoms with Gasteiger partial charge in [-0.15, -0.1) is 0 Å². The van der Waals surface area contributed by atoms with E-state index >= 15 is 0 Å². The molecule has 0 saturated heterocycles. The molecular formula is C15H33N3O2S. The lowest BCUT2D eigenvalue weighted by atomic mass is 9.90. The van der Waals surface area contributed by atoms with Crippen LogP contribution in [0, 0.1) is 11.3 Å². The maximum Gasteiger partial charge on any atom is 0.191 e. The van der Waals surface area contributed by atoms with Gasteiger partial charge in [0.25, 0.3) is 0 Å². The van der Waals surface area contributed by atoms with Crippen LogP contribution >= 0.6 is 0 Å². The molecule has 0 unspecified atom stereocenters. The summed E-state index contributed by atoms with van der Waals surface area (Å²) in [4.78, 5) is 4.22. The van der Waals surface area contributed by atoms with Gasteiger partial charge in [-0.25, -0.2) is 8.42 Å². The molecule has 0 radical (unpaired) electrons. The van der Waals surface area contributed by atoms with Gasteiger partial charge in [0.2, 0.25) is 0 Å². The summed E-state index contributed by atoms with van der Waals surface area (Å²) in [5.41, 5.74) is -0.0877. The first-order valence-electron chi connectivity index (χ1n) is 7.75. The first-order valence-corrected chi connectivity index (χ1v) is 9.81. The summed E-state index contributed by atoms with van der Waals surface area (Å²) in [6.45, 7) is 10.1. The molecule has 6 heteroatoms. The van der Waals surface area contributed by atoms with Gasteiger partial charge >= 0.3 is 0 Å². The van der Waals surface area contributed by atoms with E-state index in [-0.39, 0.29) is 11.2 Å². The van der Waals surface area contributed by atoms with Gasteiger partial charge in [0.1, 0.15) is 9.84 Å². The molecule has 0 spiro atoms. The van der Waals surface area contributed by atoms with Crippen molar-refractivity contribution in [2.75, 3.05) is 32.1 Å². The average molecular weight is 320 g/mol. The van der Waals surface area contributed by atoms with Crippen molar-refractivity contribution in [2.24, 2.45) is 16.3 Å². The molecule has 0 aliphatic heterocycles. The van der Waals surface area contributed by atoms with Gasteiger partial charge in [-0.05, 0) is 17.8 Å². The zero-order chi connectivity index (χ0) is 16.5. The lowest BCUT2D eigenvalue weighted by molar-refractivity contribution is 0.348. The zero-order valence-corrected chi connectivity index (χ0v) is 15.3. The van der Waals surface area contributed by atoms with E-state index in [4.69, 9.17) is 0 Å². The largest absolute Gasteiger partial charge is 0.356 e. The number of nitrogens with one attached hydrogen (secondary N) is 2. The second kappa shape index (κ2) is 9.28. The Kier molecular flexibility index (Phi) is 8.94. The molecule has 5 nitrogen and oxygen atoms in total. The van der Waals surface area contributed by atoms with E-state index in [0.29, 0.717) is 18.9 Å². The van der Waals surface area contributed by atoms with Crippen molar-refractivity contribution in [2.45, 2.75) is 47.0 Å². The number of guanidine groups is 1. The Labute approximate surface area is 130 Å². The van der Waals surface area contributed by atoms with Crippen LogP contribution in [0.3, 0.4) is 0 Å². The van der Waals surface area contributed by atoms with Gasteiger partial charge < -0.3 is 10.6 Å². The highest BCUT2D eigenvalue weighted by Crippen LogP contribution is 2.19. The van der Waals surface area contributed by atoms with Crippen LogP contribution in [0.5, 0.6) is 0 Å². The third kappa shape index (κ3) is 10.6. The fourth-order valence-electron chi connectivity index (χ4n) is 1.91. The van der Waals surface area contributed by atoms with Crippen LogP contribution < -0.4 is 10.6 Å². The summed E-state index contributed by atoms with van der Waals surface area (Å²) >= 11 is 0. The van der Waals surface area contributed by atoms with Gasteiger partial charge in [-0.1, -0.05) is 40.5 Å². The first-order chi connectivity index (χ1) is 9.63. The fraction of sp³-hybridized carbons (Fsp3) is 0.933. The zero-order valence-electron chi connectivity index (χ0n) is 14.5. The van der Waals surface area contributed by atoms with E-state index in [0.717, 1.165) is 25.3 Å². The van der Waals surface area contributed by atoms with Crippen LogP contribution in [0.25, 0.3) is 0 Å². The van der Waals surface area contributed by atoms with Gasteiger partial charge in [0.15, 0.2) is 5.96 Å². The lowest BCUT2D eigenvalue weighted by Gasteiger charge is -2.26. The lowest BCUT2D eigenvalue weighted by Crippen LogP contribution is -2.43. The number of hydrogen-bond donors (Lipinski definition) is 2. The van der Waals surface area contributed by atoms with E-state index in [1.165, 1.54) is 6.26 Å². The molecule has 0 heterocycles. The standard InChI is InChI=1S/C15H33N3O2S/c1-7-13(8-2)11-17-14(16-5)18-12-15(3,4)9-10-21(6,19)20/h13H,7-12H2,1-6H3,(H2,16,17,18). The maximum absolute atomic E-state index is 11.3. The van der Waals surface area contributed by atoms with Crippen LogP contribution in [0.2, 0.25) is 0 Å². The fourth-order valence-corrected chi connectivity index (χ4v) is 2.84. The predicted octanol–water partition coefficient (Wildman–Crippen LogP) is 2.05. The molecule has 0 rings (SSSR count). The Morgan fingerprint density at radius 1 is 1.19 bits per heavy atom. The van der Waals surface area contributed by atoms with Crippen LogP contribution in [0.1, 0.15) is 47.0 Å². The molecule has 0 aromatic carbocycles. The molecule has 21 heavy (non-hydrogen) atoms. The Morgan fingerprint density at radius 3 is 2.19 bits per heavy atom. The monoisotopic (exact) mass is 319 g/mol. The van der Waals surface area contributed by atoms with E-state index in [2.05, 4.69) is 43.3 Å². The SMILES string of the molecule is CCC(CC)CNC(=NC)NCC(C)(C)CCS(C)(=O)=O. The minimum absolute atomic E-state index is 0.0877. The predicted molar refractivity (Wildman–Crippen MR) is 91.5 cm³/mol. The molecular weight excluding hydrogens is 286 g/mol. The number of rotatable bonds is 9. The number of hydrogen-bond acceptors (Lipinski definition) is 3. The van der Waals surface area contributed by atoms with Crippen molar-refractivity contribution < 1.29 is 8.42 Å². The quantitative estimate of drug-likeness (QED) is 0.504. The van der Waals surface area contributed by atoms with Crippen molar-refractivity contribution >= 4 is 15.8 Å². The number of nitrogens with zero attached hydrogens (tertiary/aromatic N) is 1.